The summed E-state index contributed by atoms with van der Waals surface area (Å²) in [6.07, 6.45) is 1.92. The lowest BCUT2D eigenvalue weighted by molar-refractivity contribution is 0.0526. The first kappa shape index (κ1) is 17.4. The molecule has 0 unspecified atom stereocenters. The molecule has 0 aromatic heterocycles. The third kappa shape index (κ3) is 4.49. The lowest BCUT2D eigenvalue weighted by atomic mass is 10.2. The number of esters is 1. The predicted octanol–water partition coefficient (Wildman–Crippen LogP) is 3.39. The Balaban J connectivity index is 2.20. The van der Waals surface area contributed by atoms with Gasteiger partial charge in [-0.25, -0.2) is 13.2 Å². The van der Waals surface area contributed by atoms with Crippen LogP contribution in [0.4, 0.5) is 5.69 Å². The highest BCUT2D eigenvalue weighted by molar-refractivity contribution is 7.98. The maximum atomic E-state index is 12.4. The fourth-order valence-corrected chi connectivity index (χ4v) is 3.39. The Bertz CT molecular complexity index is 786. The molecule has 0 aliphatic carbocycles. The number of ether oxygens (including phenoxy) is 1. The number of rotatable bonds is 6. The van der Waals surface area contributed by atoms with Crippen LogP contribution in [0.5, 0.6) is 0 Å². The lowest BCUT2D eigenvalue weighted by Crippen LogP contribution is -2.13. The molecule has 0 atom stereocenters. The zero-order valence-corrected chi connectivity index (χ0v) is 14.4. The van der Waals surface area contributed by atoms with Crippen molar-refractivity contribution in [1.82, 2.24) is 0 Å². The Morgan fingerprint density at radius 3 is 2.48 bits per heavy atom. The Labute approximate surface area is 140 Å². The topological polar surface area (TPSA) is 72.5 Å². The van der Waals surface area contributed by atoms with Gasteiger partial charge in [-0.15, -0.1) is 11.8 Å². The Morgan fingerprint density at radius 2 is 1.87 bits per heavy atom. The van der Waals surface area contributed by atoms with E-state index in [1.54, 1.807) is 25.1 Å². The van der Waals surface area contributed by atoms with Crippen molar-refractivity contribution in [3.63, 3.8) is 0 Å². The van der Waals surface area contributed by atoms with E-state index in [9.17, 15) is 13.2 Å². The van der Waals surface area contributed by atoms with Gasteiger partial charge in [0, 0.05) is 10.6 Å². The monoisotopic (exact) mass is 351 g/mol. The normalized spacial score (nSPS) is 11.0. The Hall–Kier alpha value is -1.99. The standard InChI is InChI=1S/C16H17NO4S2/c1-3-21-16(18)12-7-9-15(10-8-12)23(19,20)17-13-5-4-6-14(11-13)22-2/h4-11,17H,3H2,1-2H3. The SMILES string of the molecule is CCOC(=O)c1ccc(S(=O)(=O)Nc2cccc(SC)c2)cc1. The number of carbonyl (C=O) groups excluding carboxylic acids is 1. The molecule has 2 aromatic rings. The molecule has 1 N–H and O–H groups in total. The molecule has 0 fully saturated rings. The molecule has 0 radical (unpaired) electrons. The van der Waals surface area contributed by atoms with Crippen LogP contribution >= 0.6 is 11.8 Å². The molecule has 0 bridgehead atoms. The fraction of sp³-hybridized carbons (Fsp3) is 0.188. The Kier molecular flexibility index (Phi) is 5.68. The van der Waals surface area contributed by atoms with Crippen LogP contribution in [0.1, 0.15) is 17.3 Å². The van der Waals surface area contributed by atoms with Crippen molar-refractivity contribution >= 4 is 33.4 Å². The van der Waals surface area contributed by atoms with Crippen LogP contribution in [-0.2, 0) is 14.8 Å². The minimum atomic E-state index is -3.70. The van der Waals surface area contributed by atoms with Crippen LogP contribution < -0.4 is 4.72 Å². The molecular weight excluding hydrogens is 334 g/mol. The van der Waals surface area contributed by atoms with Crippen LogP contribution in [0.3, 0.4) is 0 Å². The van der Waals surface area contributed by atoms with Crippen molar-refractivity contribution in [2.24, 2.45) is 0 Å². The second kappa shape index (κ2) is 7.52. The van der Waals surface area contributed by atoms with Gasteiger partial charge in [-0.05, 0) is 55.6 Å². The summed E-state index contributed by atoms with van der Waals surface area (Å²) in [6, 6.07) is 12.8. The third-order valence-corrected chi connectivity index (χ3v) is 5.12. The van der Waals surface area contributed by atoms with Gasteiger partial charge in [0.2, 0.25) is 0 Å². The first-order chi connectivity index (χ1) is 11.0. The van der Waals surface area contributed by atoms with E-state index >= 15 is 0 Å². The minimum absolute atomic E-state index is 0.0834. The lowest BCUT2D eigenvalue weighted by Gasteiger charge is -2.09. The molecule has 5 nitrogen and oxygen atoms in total. The van der Waals surface area contributed by atoms with E-state index < -0.39 is 16.0 Å². The number of hydrogen-bond donors (Lipinski definition) is 1. The van der Waals surface area contributed by atoms with Gasteiger partial charge in [0.1, 0.15) is 0 Å². The highest BCUT2D eigenvalue weighted by Crippen LogP contribution is 2.22. The summed E-state index contributed by atoms with van der Waals surface area (Å²) >= 11 is 1.53. The van der Waals surface area contributed by atoms with Crippen molar-refractivity contribution < 1.29 is 17.9 Å². The molecule has 0 heterocycles. The van der Waals surface area contributed by atoms with Gasteiger partial charge in [-0.2, -0.15) is 0 Å². The quantitative estimate of drug-likeness (QED) is 0.638. The molecule has 122 valence electrons. The smallest absolute Gasteiger partial charge is 0.338 e. The minimum Gasteiger partial charge on any atom is -0.462 e. The van der Waals surface area contributed by atoms with Gasteiger partial charge in [0.15, 0.2) is 0 Å². The summed E-state index contributed by atoms with van der Waals surface area (Å²) in [7, 11) is -3.70. The zero-order valence-electron chi connectivity index (χ0n) is 12.8. The molecule has 0 aliphatic heterocycles. The number of benzene rings is 2. The summed E-state index contributed by atoms with van der Waals surface area (Å²) in [4.78, 5) is 12.6. The summed E-state index contributed by atoms with van der Waals surface area (Å²) in [5.41, 5.74) is 0.807. The predicted molar refractivity (Wildman–Crippen MR) is 91.4 cm³/mol. The number of nitrogens with one attached hydrogen (secondary N) is 1. The van der Waals surface area contributed by atoms with E-state index in [4.69, 9.17) is 4.74 Å². The van der Waals surface area contributed by atoms with Crippen molar-refractivity contribution in [3.05, 3.63) is 54.1 Å². The van der Waals surface area contributed by atoms with E-state index in [-0.39, 0.29) is 11.5 Å². The summed E-state index contributed by atoms with van der Waals surface area (Å²) < 4.78 is 32.1. The number of anilines is 1. The van der Waals surface area contributed by atoms with E-state index in [1.165, 1.54) is 36.0 Å². The van der Waals surface area contributed by atoms with Crippen LogP contribution in [0.15, 0.2) is 58.3 Å². The summed E-state index contributed by atoms with van der Waals surface area (Å²) in [6.45, 7) is 1.98. The second-order valence-corrected chi connectivity index (χ2v) is 7.14. The average molecular weight is 351 g/mol. The van der Waals surface area contributed by atoms with E-state index in [1.807, 2.05) is 12.3 Å². The molecule has 0 saturated carbocycles. The molecule has 0 aliphatic rings. The summed E-state index contributed by atoms with van der Waals surface area (Å²) in [5, 5.41) is 0. The largest absolute Gasteiger partial charge is 0.462 e. The number of hydrogen-bond acceptors (Lipinski definition) is 5. The molecular formula is C16H17NO4S2. The van der Waals surface area contributed by atoms with Gasteiger partial charge in [0.25, 0.3) is 10.0 Å². The molecule has 7 heteroatoms. The van der Waals surface area contributed by atoms with Gasteiger partial charge < -0.3 is 4.74 Å². The van der Waals surface area contributed by atoms with Crippen molar-refractivity contribution in [1.29, 1.82) is 0 Å². The van der Waals surface area contributed by atoms with Crippen molar-refractivity contribution in [2.75, 3.05) is 17.6 Å². The number of thioether (sulfide) groups is 1. The van der Waals surface area contributed by atoms with Crippen molar-refractivity contribution in [2.45, 2.75) is 16.7 Å². The third-order valence-electron chi connectivity index (χ3n) is 3.00. The first-order valence-electron chi connectivity index (χ1n) is 6.90. The van der Waals surface area contributed by atoms with Gasteiger partial charge in [-0.1, -0.05) is 6.07 Å². The van der Waals surface area contributed by atoms with Crippen LogP contribution in [0.25, 0.3) is 0 Å². The van der Waals surface area contributed by atoms with Gasteiger partial charge in [0.05, 0.1) is 17.1 Å². The Morgan fingerprint density at radius 1 is 1.17 bits per heavy atom. The molecule has 0 spiro atoms. The molecule has 23 heavy (non-hydrogen) atoms. The van der Waals surface area contributed by atoms with Crippen LogP contribution in [0.2, 0.25) is 0 Å². The van der Waals surface area contributed by atoms with Crippen molar-refractivity contribution in [3.8, 4) is 0 Å². The van der Waals surface area contributed by atoms with Crippen LogP contribution in [-0.4, -0.2) is 27.2 Å². The van der Waals surface area contributed by atoms with Gasteiger partial charge >= 0.3 is 5.97 Å². The number of sulfonamides is 1. The van der Waals surface area contributed by atoms with Crippen LogP contribution in [0, 0.1) is 0 Å². The highest BCUT2D eigenvalue weighted by Gasteiger charge is 2.15. The number of carbonyl (C=O) groups is 1. The molecule has 0 saturated heterocycles. The van der Waals surface area contributed by atoms with Gasteiger partial charge in [-0.3, -0.25) is 4.72 Å². The fourth-order valence-electron chi connectivity index (χ4n) is 1.89. The van der Waals surface area contributed by atoms with E-state index in [0.717, 1.165) is 4.90 Å². The van der Waals surface area contributed by atoms with E-state index in [0.29, 0.717) is 11.3 Å². The summed E-state index contributed by atoms with van der Waals surface area (Å²) in [5.74, 6) is -0.475. The van der Waals surface area contributed by atoms with E-state index in [2.05, 4.69) is 4.72 Å². The molecule has 0 amide bonds. The maximum absolute atomic E-state index is 12.4. The second-order valence-electron chi connectivity index (χ2n) is 4.58. The zero-order chi connectivity index (χ0) is 16.9. The molecule has 2 rings (SSSR count). The average Bonchev–Trinajstić information content (AvgIpc) is 2.55. The first-order valence-corrected chi connectivity index (χ1v) is 9.61. The molecule has 2 aromatic carbocycles. The highest BCUT2D eigenvalue weighted by atomic mass is 32.2. The maximum Gasteiger partial charge on any atom is 0.338 e.